The quantitative estimate of drug-likeness (QED) is 0.714. The van der Waals surface area contributed by atoms with Crippen molar-refractivity contribution in [1.82, 2.24) is 29.3 Å². The summed E-state index contributed by atoms with van der Waals surface area (Å²) in [5, 5.41) is 3.93. The van der Waals surface area contributed by atoms with Gasteiger partial charge in [0.2, 0.25) is 21.8 Å². The molecular formula is C18H26N6O4S. The summed E-state index contributed by atoms with van der Waals surface area (Å²) in [6.07, 6.45) is 4.63. The zero-order valence-electron chi connectivity index (χ0n) is 16.8. The fourth-order valence-electron chi connectivity index (χ4n) is 4.64. The molecule has 1 saturated carbocycles. The average Bonchev–Trinajstić information content (AvgIpc) is 3.39. The van der Waals surface area contributed by atoms with E-state index < -0.39 is 15.4 Å². The van der Waals surface area contributed by atoms with Gasteiger partial charge in [-0.25, -0.2) is 18.1 Å². The van der Waals surface area contributed by atoms with Gasteiger partial charge in [-0.05, 0) is 39.5 Å². The Morgan fingerprint density at radius 2 is 2.21 bits per heavy atom. The molecule has 0 radical (unpaired) electrons. The molecule has 0 unspecified atom stereocenters. The molecule has 1 amide bonds. The second-order valence-electron chi connectivity index (χ2n) is 8.03. The van der Waals surface area contributed by atoms with Crippen molar-refractivity contribution in [3.05, 3.63) is 29.9 Å². The number of aromatic nitrogens is 4. The highest BCUT2D eigenvalue weighted by Crippen LogP contribution is 2.50. The van der Waals surface area contributed by atoms with Crippen LogP contribution in [0.4, 0.5) is 0 Å². The summed E-state index contributed by atoms with van der Waals surface area (Å²) < 4.78 is 34.3. The zero-order chi connectivity index (χ0) is 20.8. The fraction of sp³-hybridized carbons (Fsp3) is 0.667. The number of nitrogens with one attached hydrogen (secondary N) is 1. The van der Waals surface area contributed by atoms with Crippen LogP contribution in [0.2, 0.25) is 0 Å². The van der Waals surface area contributed by atoms with Gasteiger partial charge in [-0.2, -0.15) is 4.98 Å². The van der Waals surface area contributed by atoms with Crippen molar-refractivity contribution in [3.63, 3.8) is 0 Å². The van der Waals surface area contributed by atoms with E-state index >= 15 is 0 Å². The molecule has 11 heteroatoms. The first-order chi connectivity index (χ1) is 13.7. The Hall–Kier alpha value is -2.27. The number of hydrogen-bond acceptors (Lipinski definition) is 7. The molecule has 1 aliphatic heterocycles. The van der Waals surface area contributed by atoms with E-state index in [0.29, 0.717) is 37.6 Å². The summed E-state index contributed by atoms with van der Waals surface area (Å²) in [6.45, 7) is 6.44. The standard InChI is InChI=1S/C18H26N6O4S/c1-4-29(26,27)22-15-7-14-9-24(16(25)10-23-6-5-19-13(23)3)11-18(14,8-15)17-20-12(2)21-28-17/h5-6,14-15,22H,4,7-11H2,1-3H3/t14-,15+,18-/m0/s1. The molecule has 1 N–H and O–H groups in total. The highest BCUT2D eigenvalue weighted by atomic mass is 32.2. The monoisotopic (exact) mass is 422 g/mol. The van der Waals surface area contributed by atoms with Crippen molar-refractivity contribution < 1.29 is 17.7 Å². The highest BCUT2D eigenvalue weighted by Gasteiger charge is 2.58. The van der Waals surface area contributed by atoms with E-state index in [9.17, 15) is 13.2 Å². The summed E-state index contributed by atoms with van der Waals surface area (Å²) >= 11 is 0. The van der Waals surface area contributed by atoms with Gasteiger partial charge in [-0.3, -0.25) is 4.79 Å². The van der Waals surface area contributed by atoms with E-state index in [2.05, 4.69) is 19.8 Å². The topological polar surface area (TPSA) is 123 Å². The van der Waals surface area contributed by atoms with Crippen molar-refractivity contribution in [2.75, 3.05) is 18.8 Å². The van der Waals surface area contributed by atoms with Crippen molar-refractivity contribution in [1.29, 1.82) is 0 Å². The van der Waals surface area contributed by atoms with Crippen LogP contribution in [0.5, 0.6) is 0 Å². The molecule has 29 heavy (non-hydrogen) atoms. The van der Waals surface area contributed by atoms with E-state index in [-0.39, 0.29) is 30.2 Å². The molecule has 0 bridgehead atoms. The third kappa shape index (κ3) is 3.68. The lowest BCUT2D eigenvalue weighted by molar-refractivity contribution is -0.131. The van der Waals surface area contributed by atoms with Crippen LogP contribution < -0.4 is 4.72 Å². The Labute approximate surface area is 169 Å². The molecule has 0 aromatic carbocycles. The number of likely N-dealkylation sites (tertiary alicyclic amines) is 1. The number of hydrogen-bond donors (Lipinski definition) is 1. The molecule has 2 aromatic rings. The van der Waals surface area contributed by atoms with Crippen LogP contribution in [0.25, 0.3) is 0 Å². The van der Waals surface area contributed by atoms with E-state index in [4.69, 9.17) is 4.52 Å². The van der Waals surface area contributed by atoms with Gasteiger partial charge in [0, 0.05) is 31.5 Å². The third-order valence-electron chi connectivity index (χ3n) is 6.14. The van der Waals surface area contributed by atoms with Crippen molar-refractivity contribution >= 4 is 15.9 Å². The van der Waals surface area contributed by atoms with Crippen molar-refractivity contribution in [2.24, 2.45) is 5.92 Å². The summed E-state index contributed by atoms with van der Waals surface area (Å²) in [5.74, 6) is 1.91. The maximum absolute atomic E-state index is 12.9. The van der Waals surface area contributed by atoms with Gasteiger partial charge in [0.25, 0.3) is 0 Å². The lowest BCUT2D eigenvalue weighted by atomic mass is 9.80. The summed E-state index contributed by atoms with van der Waals surface area (Å²) in [5.41, 5.74) is -0.526. The number of carbonyl (C=O) groups excluding carboxylic acids is 1. The minimum absolute atomic E-state index is 0.00167. The molecule has 10 nitrogen and oxygen atoms in total. The molecule has 4 rings (SSSR count). The molecule has 2 fully saturated rings. The Kier molecular flexibility index (Phi) is 4.97. The number of aryl methyl sites for hydroxylation is 2. The van der Waals surface area contributed by atoms with Gasteiger partial charge in [-0.1, -0.05) is 5.16 Å². The van der Waals surface area contributed by atoms with Crippen LogP contribution in [0.15, 0.2) is 16.9 Å². The zero-order valence-corrected chi connectivity index (χ0v) is 17.6. The van der Waals surface area contributed by atoms with Crippen LogP contribution in [-0.4, -0.2) is 63.8 Å². The van der Waals surface area contributed by atoms with Crippen LogP contribution in [-0.2, 0) is 26.8 Å². The van der Waals surface area contributed by atoms with Gasteiger partial charge >= 0.3 is 0 Å². The molecule has 3 atom stereocenters. The average molecular weight is 423 g/mol. The minimum atomic E-state index is -3.31. The van der Waals surface area contributed by atoms with E-state index in [1.165, 1.54) is 0 Å². The Bertz CT molecular complexity index is 1020. The number of carbonyl (C=O) groups is 1. The van der Waals surface area contributed by atoms with Gasteiger partial charge < -0.3 is 14.0 Å². The number of nitrogens with zero attached hydrogens (tertiary/aromatic N) is 5. The van der Waals surface area contributed by atoms with E-state index in [1.54, 1.807) is 26.2 Å². The van der Waals surface area contributed by atoms with Gasteiger partial charge in [-0.15, -0.1) is 0 Å². The van der Waals surface area contributed by atoms with Gasteiger partial charge in [0.1, 0.15) is 12.4 Å². The molecule has 158 valence electrons. The first-order valence-corrected chi connectivity index (χ1v) is 11.4. The van der Waals surface area contributed by atoms with Gasteiger partial charge in [0.05, 0.1) is 11.2 Å². The fourth-order valence-corrected chi connectivity index (χ4v) is 5.49. The minimum Gasteiger partial charge on any atom is -0.340 e. The Morgan fingerprint density at radius 1 is 1.41 bits per heavy atom. The predicted octanol–water partition coefficient (Wildman–Crippen LogP) is 0.381. The molecule has 3 heterocycles. The SMILES string of the molecule is CCS(=O)(=O)N[C@@H]1C[C@H]2CN(C(=O)Cn3ccnc3C)C[C@@]2(c2nc(C)no2)C1. The summed E-state index contributed by atoms with van der Waals surface area (Å²) in [7, 11) is -3.31. The first-order valence-electron chi connectivity index (χ1n) is 9.79. The second-order valence-corrected chi connectivity index (χ2v) is 10.1. The van der Waals surface area contributed by atoms with Gasteiger partial charge in [0.15, 0.2) is 5.82 Å². The smallest absolute Gasteiger partial charge is 0.242 e. The van der Waals surface area contributed by atoms with Crippen LogP contribution in [0.3, 0.4) is 0 Å². The summed E-state index contributed by atoms with van der Waals surface area (Å²) in [6, 6.07) is -0.203. The maximum atomic E-state index is 12.9. The largest absolute Gasteiger partial charge is 0.340 e. The maximum Gasteiger partial charge on any atom is 0.242 e. The molecular weight excluding hydrogens is 396 g/mol. The number of sulfonamides is 1. The Morgan fingerprint density at radius 3 is 2.83 bits per heavy atom. The molecule has 0 spiro atoms. The van der Waals surface area contributed by atoms with E-state index in [1.807, 2.05) is 16.4 Å². The van der Waals surface area contributed by atoms with Crippen molar-refractivity contribution in [3.8, 4) is 0 Å². The number of rotatable bonds is 6. The number of amides is 1. The number of imidazole rings is 1. The summed E-state index contributed by atoms with van der Waals surface area (Å²) in [4.78, 5) is 23.4. The molecule has 2 aromatic heterocycles. The normalized spacial score (nSPS) is 26.8. The first kappa shape index (κ1) is 20.0. The van der Waals surface area contributed by atoms with Crippen molar-refractivity contribution in [2.45, 2.75) is 51.6 Å². The lowest BCUT2D eigenvalue weighted by Gasteiger charge is -2.25. The van der Waals surface area contributed by atoms with Crippen LogP contribution in [0, 0.1) is 19.8 Å². The second kappa shape index (κ2) is 7.21. The molecule has 1 saturated heterocycles. The molecule has 1 aliphatic carbocycles. The number of fused-ring (bicyclic) bond motifs is 1. The Balaban J connectivity index is 1.56. The predicted molar refractivity (Wildman–Crippen MR) is 103 cm³/mol. The highest BCUT2D eigenvalue weighted by molar-refractivity contribution is 7.89. The van der Waals surface area contributed by atoms with Crippen LogP contribution >= 0.6 is 0 Å². The molecule has 2 aliphatic rings. The van der Waals surface area contributed by atoms with Crippen LogP contribution in [0.1, 0.15) is 37.3 Å². The third-order valence-corrected chi connectivity index (χ3v) is 7.59. The van der Waals surface area contributed by atoms with E-state index in [0.717, 1.165) is 5.82 Å². The lowest BCUT2D eigenvalue weighted by Crippen LogP contribution is -2.40.